The van der Waals surface area contributed by atoms with Crippen LogP contribution in [0, 0.1) is 0 Å². The molecule has 0 unspecified atom stereocenters. The fourth-order valence-corrected chi connectivity index (χ4v) is 1.66. The maximum atomic E-state index is 12.7. The first-order chi connectivity index (χ1) is 9.95. The molecule has 3 aromatic rings. The normalized spacial score (nSPS) is 11.8. The number of rotatable bonds is 2. The molecule has 0 saturated heterocycles. The Morgan fingerprint density at radius 1 is 1.24 bits per heavy atom. The molecule has 0 saturated carbocycles. The van der Waals surface area contributed by atoms with Crippen molar-refractivity contribution in [2.24, 2.45) is 0 Å². The number of hydrogen-bond donors (Lipinski definition) is 2. The number of aromatic amines is 1. The Morgan fingerprint density at radius 3 is 2.71 bits per heavy atom. The van der Waals surface area contributed by atoms with Crippen molar-refractivity contribution >= 4 is 5.69 Å². The quantitative estimate of drug-likeness (QED) is 0.701. The van der Waals surface area contributed by atoms with Gasteiger partial charge in [-0.2, -0.15) is 33.6 Å². The molecule has 0 fully saturated rings. The van der Waals surface area contributed by atoms with E-state index in [1.54, 1.807) is 0 Å². The highest BCUT2D eigenvalue weighted by atomic mass is 19.4. The van der Waals surface area contributed by atoms with Gasteiger partial charge in [0.15, 0.2) is 5.69 Å². The van der Waals surface area contributed by atoms with Gasteiger partial charge in [-0.3, -0.25) is 0 Å². The Kier molecular flexibility index (Phi) is 2.85. The molecule has 1 aromatic carbocycles. The van der Waals surface area contributed by atoms with Crippen LogP contribution >= 0.6 is 0 Å². The monoisotopic (exact) mass is 296 g/mol. The van der Waals surface area contributed by atoms with E-state index >= 15 is 0 Å². The molecule has 0 aliphatic heterocycles. The summed E-state index contributed by atoms with van der Waals surface area (Å²) in [5, 5.41) is 13.3. The Balaban J connectivity index is 2.04. The highest BCUT2D eigenvalue weighted by Gasteiger charge is 2.31. The highest BCUT2D eigenvalue weighted by molar-refractivity contribution is 5.72. The van der Waals surface area contributed by atoms with Gasteiger partial charge < -0.3 is 10.3 Å². The van der Waals surface area contributed by atoms with E-state index in [1.165, 1.54) is 6.20 Å². The minimum absolute atomic E-state index is 0.00655. The van der Waals surface area contributed by atoms with Gasteiger partial charge >= 0.3 is 6.18 Å². The maximum Gasteiger partial charge on any atom is 0.416 e. The lowest BCUT2D eigenvalue weighted by atomic mass is 10.1. The van der Waals surface area contributed by atoms with Crippen molar-refractivity contribution in [1.29, 1.82) is 0 Å². The van der Waals surface area contributed by atoms with Crippen LogP contribution in [0.25, 0.3) is 23.0 Å². The topological polar surface area (TPSA) is 107 Å². The van der Waals surface area contributed by atoms with Crippen molar-refractivity contribution in [2.75, 3.05) is 5.73 Å². The third kappa shape index (κ3) is 2.42. The summed E-state index contributed by atoms with van der Waals surface area (Å²) in [6, 6.07) is 2.88. The summed E-state index contributed by atoms with van der Waals surface area (Å²) >= 11 is 0. The number of aromatic nitrogens is 5. The number of benzene rings is 1. The predicted molar refractivity (Wildman–Crippen MR) is 64.5 cm³/mol. The highest BCUT2D eigenvalue weighted by Crippen LogP contribution is 2.34. The second-order valence-electron chi connectivity index (χ2n) is 4.08. The minimum atomic E-state index is -4.49. The molecule has 108 valence electrons. The zero-order valence-electron chi connectivity index (χ0n) is 10.2. The van der Waals surface area contributed by atoms with Crippen molar-refractivity contribution in [3.8, 4) is 23.0 Å². The number of nitrogens with one attached hydrogen (secondary N) is 1. The number of nitrogens with two attached hydrogens (primary N) is 1. The SMILES string of the molecule is Nc1ccc(C(F)(F)F)cc1-c1nc(-c2cn[nH]n2)no1. The first-order valence-electron chi connectivity index (χ1n) is 5.62. The molecule has 0 atom stereocenters. The van der Waals surface area contributed by atoms with Crippen LogP contribution in [-0.2, 0) is 6.18 Å². The van der Waals surface area contributed by atoms with Gasteiger partial charge in [0.2, 0.25) is 5.82 Å². The predicted octanol–water partition coefficient (Wildman–Crippen LogP) is 2.12. The van der Waals surface area contributed by atoms with E-state index in [0.29, 0.717) is 5.69 Å². The number of nitrogen functional groups attached to an aromatic ring is 1. The second kappa shape index (κ2) is 4.58. The van der Waals surface area contributed by atoms with Gasteiger partial charge in [-0.1, -0.05) is 5.16 Å². The number of H-pyrrole nitrogens is 1. The maximum absolute atomic E-state index is 12.7. The Bertz CT molecular complexity index is 765. The molecule has 0 aliphatic rings. The summed E-state index contributed by atoms with van der Waals surface area (Å²) in [5.41, 5.74) is 5.21. The average molecular weight is 296 g/mol. The van der Waals surface area contributed by atoms with Crippen molar-refractivity contribution in [1.82, 2.24) is 25.6 Å². The summed E-state index contributed by atoms with van der Waals surface area (Å²) < 4.78 is 43.1. The molecule has 0 aliphatic carbocycles. The second-order valence-corrected chi connectivity index (χ2v) is 4.08. The Hall–Kier alpha value is -2.91. The molecule has 0 amide bonds. The lowest BCUT2D eigenvalue weighted by Crippen LogP contribution is -2.05. The van der Waals surface area contributed by atoms with Crippen LogP contribution in [0.3, 0.4) is 0 Å². The molecule has 3 N–H and O–H groups in total. The van der Waals surface area contributed by atoms with Gasteiger partial charge in [0.05, 0.1) is 17.3 Å². The zero-order valence-corrected chi connectivity index (χ0v) is 10.2. The first kappa shape index (κ1) is 13.1. The first-order valence-corrected chi connectivity index (χ1v) is 5.62. The summed E-state index contributed by atoms with van der Waals surface area (Å²) in [4.78, 5) is 3.96. The zero-order chi connectivity index (χ0) is 15.0. The molecule has 3 rings (SSSR count). The van der Waals surface area contributed by atoms with Gasteiger partial charge in [0.25, 0.3) is 5.89 Å². The van der Waals surface area contributed by atoms with Crippen LogP contribution < -0.4 is 5.73 Å². The lowest BCUT2D eigenvalue weighted by molar-refractivity contribution is -0.137. The van der Waals surface area contributed by atoms with Crippen molar-refractivity contribution in [2.45, 2.75) is 6.18 Å². The van der Waals surface area contributed by atoms with Gasteiger partial charge in [0, 0.05) is 5.69 Å². The molecule has 21 heavy (non-hydrogen) atoms. The van der Waals surface area contributed by atoms with E-state index in [0.717, 1.165) is 18.2 Å². The fraction of sp³-hybridized carbons (Fsp3) is 0.0909. The van der Waals surface area contributed by atoms with E-state index in [4.69, 9.17) is 10.3 Å². The smallest absolute Gasteiger partial charge is 0.398 e. The molecule has 2 heterocycles. The van der Waals surface area contributed by atoms with Crippen molar-refractivity contribution < 1.29 is 17.7 Å². The van der Waals surface area contributed by atoms with Gasteiger partial charge in [0.1, 0.15) is 0 Å². The number of anilines is 1. The van der Waals surface area contributed by atoms with Crippen LogP contribution in [0.15, 0.2) is 28.9 Å². The van der Waals surface area contributed by atoms with Gasteiger partial charge in [-0.25, -0.2) is 0 Å². The van der Waals surface area contributed by atoms with E-state index in [9.17, 15) is 13.2 Å². The van der Waals surface area contributed by atoms with E-state index in [-0.39, 0.29) is 23.0 Å². The molecular weight excluding hydrogens is 289 g/mol. The van der Waals surface area contributed by atoms with Crippen LogP contribution in [0.1, 0.15) is 5.56 Å². The third-order valence-electron chi connectivity index (χ3n) is 2.68. The summed E-state index contributed by atoms with van der Waals surface area (Å²) in [6.07, 6.45) is -3.14. The van der Waals surface area contributed by atoms with Crippen LogP contribution in [0.2, 0.25) is 0 Å². The molecule has 0 spiro atoms. The molecule has 0 radical (unpaired) electrons. The fourth-order valence-electron chi connectivity index (χ4n) is 1.66. The van der Waals surface area contributed by atoms with Gasteiger partial charge in [-0.15, -0.1) is 0 Å². The minimum Gasteiger partial charge on any atom is -0.398 e. The molecule has 10 heteroatoms. The molecule has 0 bridgehead atoms. The number of alkyl halides is 3. The number of halogens is 3. The largest absolute Gasteiger partial charge is 0.416 e. The van der Waals surface area contributed by atoms with Crippen molar-refractivity contribution in [3.05, 3.63) is 30.0 Å². The van der Waals surface area contributed by atoms with Crippen LogP contribution in [0.4, 0.5) is 18.9 Å². The van der Waals surface area contributed by atoms with Gasteiger partial charge in [-0.05, 0) is 18.2 Å². The number of nitrogens with zero attached hydrogens (tertiary/aromatic N) is 4. The van der Waals surface area contributed by atoms with Crippen molar-refractivity contribution in [3.63, 3.8) is 0 Å². The Labute approximate surface area is 115 Å². The van der Waals surface area contributed by atoms with E-state index in [1.807, 2.05) is 0 Å². The lowest BCUT2D eigenvalue weighted by Gasteiger charge is -2.08. The molecule has 7 nitrogen and oxygen atoms in total. The van der Waals surface area contributed by atoms with Crippen LogP contribution in [0.5, 0.6) is 0 Å². The summed E-state index contributed by atoms with van der Waals surface area (Å²) in [5.74, 6) is -0.0350. The standard InChI is InChI=1S/C11H7F3N6O/c12-11(13,14)5-1-2-7(15)6(3-5)10-17-9(19-21-10)8-4-16-20-18-8/h1-4H,15H2,(H,16,18,20). The molecular formula is C11H7F3N6O. The number of hydrogen-bond acceptors (Lipinski definition) is 6. The Morgan fingerprint density at radius 2 is 2.05 bits per heavy atom. The third-order valence-corrected chi connectivity index (χ3v) is 2.68. The van der Waals surface area contributed by atoms with Crippen LogP contribution in [-0.4, -0.2) is 25.6 Å². The summed E-state index contributed by atoms with van der Waals surface area (Å²) in [6.45, 7) is 0. The average Bonchev–Trinajstić information content (AvgIpc) is 3.09. The molecule has 2 aromatic heterocycles. The van der Waals surface area contributed by atoms with E-state index < -0.39 is 11.7 Å². The summed E-state index contributed by atoms with van der Waals surface area (Å²) in [7, 11) is 0. The van der Waals surface area contributed by atoms with E-state index in [2.05, 4.69) is 25.6 Å².